The molecule has 2 aromatic heterocycles. The van der Waals surface area contributed by atoms with E-state index in [9.17, 15) is 32.5 Å². The van der Waals surface area contributed by atoms with E-state index in [0.29, 0.717) is 70.0 Å². The molecule has 1 aliphatic heterocycles. The third kappa shape index (κ3) is 14.8. The molecule has 19 heteroatoms. The minimum atomic E-state index is -2.75. The van der Waals surface area contributed by atoms with E-state index in [0.717, 1.165) is 77.7 Å². The highest BCUT2D eigenvalue weighted by atomic mass is 79.9. The fourth-order valence-electron chi connectivity index (χ4n) is 11.0. The molecule has 5 aromatic carbocycles. The average Bonchev–Trinajstić information content (AvgIpc) is 4.21. The standard InChI is InChI=1S/C25H25ClFNO.C19H23FN2O.C14H17BrFN5O3S/c1-16(25(29)28-22-13-10-20(26)11-14-22)17-5-7-19(8-6-17)23-4-2-3-18-9-12-21(27)15-24(18)23;1-12-5-7-13(8-6-12)18(23)9-16-19-14(3-2-4-15(19)20)17-10-21-11-22(16)17;1-25(17,23)18-6-2-3-12-14(21-24-20-12)13(19-22)8-9-4-5-11(16)10(15)7-9/h2-4,9-17,19H,5-8H2,1H3,(H,28,29);2-4,10-13,16,18,23H,5-9H2,1H3;4-5,7,22H,1-3,6,8H2,(H3,17,18,23)/b;;19-13+/t16-,17?,19?;12?,13?,16-,18+;/m10./s1. The van der Waals surface area contributed by atoms with Crippen LogP contribution < -0.4 is 15.2 Å². The Hall–Kier alpha value is -5.89. The summed E-state index contributed by atoms with van der Waals surface area (Å²) in [6.45, 7) is 4.66. The lowest BCUT2D eigenvalue weighted by molar-refractivity contribution is -0.121. The minimum Gasteiger partial charge on any atom is -0.411 e. The van der Waals surface area contributed by atoms with Crippen molar-refractivity contribution in [3.8, 4) is 11.3 Å². The number of amides is 1. The van der Waals surface area contributed by atoms with Crippen LogP contribution in [0.3, 0.4) is 0 Å². The summed E-state index contributed by atoms with van der Waals surface area (Å²) in [5.41, 5.74) is 6.35. The number of aliphatic hydroxyl groups excluding tert-OH is 1. The number of oxime groups is 1. The number of imidazole rings is 1. The van der Waals surface area contributed by atoms with Gasteiger partial charge in [-0.1, -0.05) is 91.1 Å². The third-order valence-electron chi connectivity index (χ3n) is 15.3. The van der Waals surface area contributed by atoms with Crippen LogP contribution in [0.1, 0.15) is 118 Å². The van der Waals surface area contributed by atoms with Crippen LogP contribution in [-0.2, 0) is 27.5 Å². The number of anilines is 1. The van der Waals surface area contributed by atoms with Gasteiger partial charge in [0.2, 0.25) is 5.91 Å². The van der Waals surface area contributed by atoms with E-state index in [1.54, 1.807) is 48.9 Å². The van der Waals surface area contributed by atoms with Crippen LogP contribution in [0.2, 0.25) is 5.02 Å². The normalized spacial score (nSPS) is 20.6. The topological polar surface area (TPSA) is 194 Å². The summed E-state index contributed by atoms with van der Waals surface area (Å²) in [6, 6.07) is 28.0. The predicted molar refractivity (Wildman–Crippen MR) is 302 cm³/mol. The predicted octanol–water partition coefficient (Wildman–Crippen LogP) is 12.8. The maximum absolute atomic E-state index is 14.4. The fourth-order valence-corrected chi connectivity index (χ4v) is 12.0. The summed E-state index contributed by atoms with van der Waals surface area (Å²) in [7, 11) is -2.75. The molecule has 0 saturated heterocycles. The van der Waals surface area contributed by atoms with Gasteiger partial charge in [0.25, 0.3) is 0 Å². The van der Waals surface area contributed by atoms with Crippen LogP contribution >= 0.6 is 27.5 Å². The number of carbonyl (C=O) groups is 1. The van der Waals surface area contributed by atoms with Crippen LogP contribution in [0, 0.1) is 41.1 Å². The minimum absolute atomic E-state index is 0.0448. The molecule has 77 heavy (non-hydrogen) atoms. The van der Waals surface area contributed by atoms with E-state index < -0.39 is 9.89 Å². The number of benzene rings is 5. The van der Waals surface area contributed by atoms with Crippen molar-refractivity contribution in [1.82, 2.24) is 24.6 Å². The molecule has 0 bridgehead atoms. The highest BCUT2D eigenvalue weighted by Crippen LogP contribution is 2.45. The second-order valence-corrected chi connectivity index (χ2v) is 23.6. The molecule has 2 fully saturated rings. The molecule has 3 aliphatic rings. The molecule has 1 amide bonds. The molecule has 4 atom stereocenters. The molecule has 2 aliphatic carbocycles. The Balaban J connectivity index is 0.000000154. The first-order chi connectivity index (χ1) is 37.0. The second kappa shape index (κ2) is 26.2. The molecule has 13 nitrogen and oxygen atoms in total. The third-order valence-corrected chi connectivity index (χ3v) is 16.9. The first kappa shape index (κ1) is 57.3. The van der Waals surface area contributed by atoms with Gasteiger partial charge in [-0.15, -0.1) is 0 Å². The van der Waals surface area contributed by atoms with Crippen LogP contribution in [-0.4, -0.2) is 64.5 Å². The summed E-state index contributed by atoms with van der Waals surface area (Å²) in [5, 5.41) is 41.9. The Morgan fingerprint density at radius 3 is 2.39 bits per heavy atom. The number of halogens is 5. The van der Waals surface area contributed by atoms with Crippen molar-refractivity contribution in [3.63, 3.8) is 0 Å². The number of hydrogen-bond acceptors (Lipinski definition) is 9. The van der Waals surface area contributed by atoms with Crippen molar-refractivity contribution in [3.05, 3.63) is 165 Å². The number of hydrogen-bond donors (Lipinski definition) is 5. The maximum atomic E-state index is 14.4. The zero-order valence-electron chi connectivity index (χ0n) is 43.1. The van der Waals surface area contributed by atoms with Crippen molar-refractivity contribution >= 4 is 71.4 Å². The van der Waals surface area contributed by atoms with Gasteiger partial charge < -0.3 is 20.2 Å². The zero-order valence-corrected chi connectivity index (χ0v) is 46.2. The van der Waals surface area contributed by atoms with Crippen LogP contribution in [0.5, 0.6) is 0 Å². The quantitative estimate of drug-likeness (QED) is 0.0220. The van der Waals surface area contributed by atoms with Crippen molar-refractivity contribution in [2.24, 2.45) is 34.0 Å². The highest BCUT2D eigenvalue weighted by Gasteiger charge is 2.35. The van der Waals surface area contributed by atoms with E-state index in [2.05, 4.69) is 71.3 Å². The number of aromatic nitrogens is 4. The smallest absolute Gasteiger partial charge is 0.227 e. The average molecular weight is 1160 g/mol. The number of aryl methyl sites for hydroxylation is 1. The largest absolute Gasteiger partial charge is 0.411 e. The number of nitrogens with two attached hydrogens (primary N) is 1. The van der Waals surface area contributed by atoms with Gasteiger partial charge in [0, 0.05) is 40.7 Å². The van der Waals surface area contributed by atoms with Gasteiger partial charge >= 0.3 is 0 Å². The van der Waals surface area contributed by atoms with E-state index >= 15 is 0 Å². The summed E-state index contributed by atoms with van der Waals surface area (Å²) >= 11 is 9.02. The van der Waals surface area contributed by atoms with Gasteiger partial charge in [-0.2, -0.15) is 0 Å². The lowest BCUT2D eigenvalue weighted by atomic mass is 9.73. The molecule has 0 spiro atoms. The first-order valence-corrected chi connectivity index (χ1v) is 29.0. The summed E-state index contributed by atoms with van der Waals surface area (Å²) in [6.07, 6.45) is 13.5. The second-order valence-electron chi connectivity index (χ2n) is 20.6. The van der Waals surface area contributed by atoms with Gasteiger partial charge in [-0.05, 0) is 185 Å². The molecule has 1 unspecified atom stereocenters. The molecule has 10 rings (SSSR count). The number of aliphatic hydroxyl groups is 1. The molecule has 6 N–H and O–H groups in total. The molecule has 7 aromatic rings. The number of nitrogens with one attached hydrogen (secondary N) is 2. The Morgan fingerprint density at radius 1 is 0.948 bits per heavy atom. The van der Waals surface area contributed by atoms with E-state index in [1.165, 1.54) is 36.6 Å². The Kier molecular flexibility index (Phi) is 19.5. The zero-order chi connectivity index (χ0) is 54.8. The summed E-state index contributed by atoms with van der Waals surface area (Å²) < 4.78 is 62.4. The van der Waals surface area contributed by atoms with Crippen molar-refractivity contribution in [1.29, 1.82) is 0 Å². The van der Waals surface area contributed by atoms with Gasteiger partial charge in [0.1, 0.15) is 28.9 Å². The molecule has 3 heterocycles. The summed E-state index contributed by atoms with van der Waals surface area (Å²) in [4.78, 5) is 16.9. The number of fused-ring (bicyclic) bond motifs is 4. The number of rotatable bonds is 15. The molecule has 0 radical (unpaired) electrons. The van der Waals surface area contributed by atoms with E-state index in [1.807, 2.05) is 41.8 Å². The van der Waals surface area contributed by atoms with Crippen molar-refractivity contribution in [2.75, 3.05) is 11.9 Å². The number of carbonyl (C=O) groups excluding carboxylic acids is 1. The fraction of sp³-hybridized carbons (Fsp3) is 0.379. The van der Waals surface area contributed by atoms with Crippen LogP contribution in [0.25, 0.3) is 22.0 Å². The first-order valence-electron chi connectivity index (χ1n) is 26.1. The molecule has 408 valence electrons. The molecule has 2 saturated carbocycles. The molecular formula is C58H65BrClF3N8O5S. The van der Waals surface area contributed by atoms with Gasteiger partial charge in [-0.25, -0.2) is 36.9 Å². The van der Waals surface area contributed by atoms with Gasteiger partial charge in [0.15, 0.2) is 5.69 Å². The lowest BCUT2D eigenvalue weighted by Gasteiger charge is -2.32. The summed E-state index contributed by atoms with van der Waals surface area (Å²) in [5.74, 6) is 4.44. The maximum Gasteiger partial charge on any atom is 0.227 e. The highest BCUT2D eigenvalue weighted by molar-refractivity contribution is 9.10. The van der Waals surface area contributed by atoms with Gasteiger partial charge in [-0.3, -0.25) is 4.79 Å². The Labute approximate surface area is 461 Å². The Morgan fingerprint density at radius 2 is 1.68 bits per heavy atom. The Bertz CT molecular complexity index is 3270. The van der Waals surface area contributed by atoms with Crippen molar-refractivity contribution in [2.45, 2.75) is 109 Å². The molecular weight excluding hydrogens is 1090 g/mol. The van der Waals surface area contributed by atoms with E-state index in [4.69, 9.17) is 21.4 Å². The monoisotopic (exact) mass is 1160 g/mol. The van der Waals surface area contributed by atoms with Crippen molar-refractivity contribution < 1.29 is 37.1 Å². The van der Waals surface area contributed by atoms with Gasteiger partial charge in [0.05, 0.1) is 44.7 Å². The van der Waals surface area contributed by atoms with Crippen LogP contribution in [0.15, 0.2) is 124 Å². The van der Waals surface area contributed by atoms with E-state index in [-0.39, 0.29) is 53.6 Å². The SMILES string of the molecule is C=S(N)(=O)NCCCc1nonc1/C(Cc1ccc(F)c(Br)c1)=N/O.CC1CCC([C@H](O)C[C@H]2c3c(F)cccc3-c3cncn32)CC1.C[C@@H](C(=O)Nc1ccc(Cl)cc1)C1CCC(c2cccc3ccc(F)cc23)CC1. The lowest BCUT2D eigenvalue weighted by Crippen LogP contribution is -2.31. The number of nitrogens with zero attached hydrogens (tertiary/aromatic N) is 5. The van der Waals surface area contributed by atoms with Crippen LogP contribution in [0.4, 0.5) is 18.9 Å².